The number of hydrogen-bond donors (Lipinski definition) is 1. The molecular formula is C8H11N3O2S. The van der Waals surface area contributed by atoms with E-state index < -0.39 is 12.0 Å². The minimum absolute atomic E-state index is 0.177. The van der Waals surface area contributed by atoms with Crippen molar-refractivity contribution in [2.75, 3.05) is 11.4 Å². The largest absolute Gasteiger partial charge is 0.480 e. The monoisotopic (exact) mass is 213 g/mol. The van der Waals surface area contributed by atoms with Gasteiger partial charge >= 0.3 is 5.97 Å². The van der Waals surface area contributed by atoms with Gasteiger partial charge in [0, 0.05) is 6.54 Å². The molecule has 0 aromatic carbocycles. The third kappa shape index (κ3) is 1.45. The minimum atomic E-state index is -0.773. The van der Waals surface area contributed by atoms with Gasteiger partial charge in [-0.3, -0.25) is 0 Å². The fourth-order valence-corrected chi connectivity index (χ4v) is 2.45. The van der Waals surface area contributed by atoms with Crippen molar-refractivity contribution >= 4 is 22.4 Å². The molecule has 0 radical (unpaired) electrons. The zero-order valence-corrected chi connectivity index (χ0v) is 8.57. The van der Waals surface area contributed by atoms with Crippen LogP contribution in [0.4, 0.5) is 5.13 Å². The third-order valence-electron chi connectivity index (χ3n) is 2.55. The van der Waals surface area contributed by atoms with Crippen LogP contribution in [-0.2, 0) is 4.79 Å². The van der Waals surface area contributed by atoms with Crippen molar-refractivity contribution in [3.05, 3.63) is 5.51 Å². The van der Waals surface area contributed by atoms with Gasteiger partial charge < -0.3 is 10.0 Å². The second kappa shape index (κ2) is 3.53. The van der Waals surface area contributed by atoms with Crippen LogP contribution in [0, 0.1) is 5.92 Å². The van der Waals surface area contributed by atoms with Crippen molar-refractivity contribution in [2.24, 2.45) is 5.92 Å². The van der Waals surface area contributed by atoms with E-state index in [0.29, 0.717) is 5.13 Å². The van der Waals surface area contributed by atoms with E-state index in [2.05, 4.69) is 10.2 Å². The Balaban J connectivity index is 2.24. The van der Waals surface area contributed by atoms with Gasteiger partial charge in [-0.2, -0.15) is 0 Å². The lowest BCUT2D eigenvalue weighted by molar-refractivity contribution is -0.139. The van der Waals surface area contributed by atoms with Gasteiger partial charge in [-0.25, -0.2) is 4.79 Å². The van der Waals surface area contributed by atoms with Crippen LogP contribution >= 0.6 is 11.3 Å². The first kappa shape index (κ1) is 9.39. The average molecular weight is 213 g/mol. The zero-order chi connectivity index (χ0) is 10.1. The molecule has 0 saturated carbocycles. The van der Waals surface area contributed by atoms with E-state index in [-0.39, 0.29) is 5.92 Å². The van der Waals surface area contributed by atoms with E-state index in [9.17, 15) is 4.79 Å². The predicted molar refractivity (Wildman–Crippen MR) is 52.5 cm³/mol. The van der Waals surface area contributed by atoms with Crippen LogP contribution in [0.15, 0.2) is 5.51 Å². The summed E-state index contributed by atoms with van der Waals surface area (Å²) in [7, 11) is 0. The fraction of sp³-hybridized carbons (Fsp3) is 0.625. The van der Waals surface area contributed by atoms with E-state index >= 15 is 0 Å². The summed E-state index contributed by atoms with van der Waals surface area (Å²) in [6.07, 6.45) is 0.899. The van der Waals surface area contributed by atoms with Gasteiger partial charge in [0.25, 0.3) is 0 Å². The van der Waals surface area contributed by atoms with Crippen LogP contribution in [0.3, 0.4) is 0 Å². The maximum absolute atomic E-state index is 11.0. The highest BCUT2D eigenvalue weighted by atomic mass is 32.1. The van der Waals surface area contributed by atoms with Gasteiger partial charge in [0.1, 0.15) is 11.6 Å². The van der Waals surface area contributed by atoms with Gasteiger partial charge in [-0.15, -0.1) is 10.2 Å². The topological polar surface area (TPSA) is 66.3 Å². The molecule has 76 valence electrons. The van der Waals surface area contributed by atoms with E-state index in [4.69, 9.17) is 5.11 Å². The van der Waals surface area contributed by atoms with Crippen LogP contribution in [0.1, 0.15) is 13.3 Å². The first-order chi connectivity index (χ1) is 6.70. The molecule has 14 heavy (non-hydrogen) atoms. The first-order valence-electron chi connectivity index (χ1n) is 4.46. The van der Waals surface area contributed by atoms with Crippen molar-refractivity contribution in [3.63, 3.8) is 0 Å². The molecule has 2 unspecified atom stereocenters. The molecule has 0 bridgehead atoms. The number of carbonyl (C=O) groups is 1. The molecule has 1 N–H and O–H groups in total. The van der Waals surface area contributed by atoms with Crippen molar-refractivity contribution in [1.82, 2.24) is 10.2 Å². The Bertz CT molecular complexity index is 327. The average Bonchev–Trinajstić information content (AvgIpc) is 2.70. The van der Waals surface area contributed by atoms with E-state index in [0.717, 1.165) is 13.0 Å². The number of aromatic nitrogens is 2. The number of carboxylic acid groups (broad SMARTS) is 1. The lowest BCUT2D eigenvalue weighted by atomic mass is 10.0. The van der Waals surface area contributed by atoms with Crippen LogP contribution in [0.2, 0.25) is 0 Å². The summed E-state index contributed by atoms with van der Waals surface area (Å²) in [6.45, 7) is 2.72. The molecule has 2 heterocycles. The molecular weight excluding hydrogens is 202 g/mol. The van der Waals surface area contributed by atoms with Crippen LogP contribution in [0.5, 0.6) is 0 Å². The summed E-state index contributed by atoms with van der Waals surface area (Å²) >= 11 is 1.38. The van der Waals surface area contributed by atoms with Gasteiger partial charge in [-0.05, 0) is 12.3 Å². The molecule has 0 aliphatic carbocycles. The first-order valence-corrected chi connectivity index (χ1v) is 5.33. The SMILES string of the molecule is CC1CCN(c2nncs2)C1C(=O)O. The molecule has 6 heteroatoms. The molecule has 1 aromatic heterocycles. The fourth-order valence-electron chi connectivity index (χ4n) is 1.83. The number of hydrogen-bond acceptors (Lipinski definition) is 5. The van der Waals surface area contributed by atoms with Crippen molar-refractivity contribution in [1.29, 1.82) is 0 Å². The summed E-state index contributed by atoms with van der Waals surface area (Å²) in [5, 5.41) is 17.4. The van der Waals surface area contributed by atoms with Gasteiger partial charge in [-0.1, -0.05) is 18.3 Å². The quantitative estimate of drug-likeness (QED) is 0.788. The Morgan fingerprint density at radius 1 is 1.79 bits per heavy atom. The summed E-state index contributed by atoms with van der Waals surface area (Å²) < 4.78 is 0. The molecule has 1 aliphatic heterocycles. The predicted octanol–water partition coefficient (Wildman–Crippen LogP) is 0.837. The van der Waals surface area contributed by atoms with Gasteiger partial charge in [0.2, 0.25) is 5.13 Å². The van der Waals surface area contributed by atoms with Gasteiger partial charge in [0.15, 0.2) is 0 Å². The Morgan fingerprint density at radius 3 is 3.14 bits per heavy atom. The second-order valence-corrected chi connectivity index (χ2v) is 4.28. The lowest BCUT2D eigenvalue weighted by Crippen LogP contribution is -2.38. The molecule has 5 nitrogen and oxygen atoms in total. The number of carboxylic acids is 1. The summed E-state index contributed by atoms with van der Waals surface area (Å²) in [6, 6.07) is -0.442. The summed E-state index contributed by atoms with van der Waals surface area (Å²) in [5.74, 6) is -0.596. The van der Waals surface area contributed by atoms with E-state index in [1.807, 2.05) is 11.8 Å². The highest BCUT2D eigenvalue weighted by molar-refractivity contribution is 7.13. The number of rotatable bonds is 2. The standard InChI is InChI=1S/C8H11N3O2S/c1-5-2-3-11(6(5)7(12)13)8-10-9-4-14-8/h4-6H,2-3H2,1H3,(H,12,13). The molecule has 1 fully saturated rings. The third-order valence-corrected chi connectivity index (χ3v) is 3.27. The normalized spacial score (nSPS) is 26.8. The van der Waals surface area contributed by atoms with Crippen LogP contribution in [0.25, 0.3) is 0 Å². The van der Waals surface area contributed by atoms with E-state index in [1.54, 1.807) is 5.51 Å². The zero-order valence-electron chi connectivity index (χ0n) is 7.75. The maximum atomic E-state index is 11.0. The highest BCUT2D eigenvalue weighted by Gasteiger charge is 2.38. The summed E-state index contributed by atoms with van der Waals surface area (Å²) in [5.41, 5.74) is 1.62. The summed E-state index contributed by atoms with van der Waals surface area (Å²) in [4.78, 5) is 12.9. The lowest BCUT2D eigenvalue weighted by Gasteiger charge is -2.21. The molecule has 1 saturated heterocycles. The molecule has 0 amide bonds. The van der Waals surface area contributed by atoms with Crippen molar-refractivity contribution in [3.8, 4) is 0 Å². The second-order valence-electron chi connectivity index (χ2n) is 3.46. The molecule has 2 rings (SSSR count). The minimum Gasteiger partial charge on any atom is -0.480 e. The van der Waals surface area contributed by atoms with Gasteiger partial charge in [0.05, 0.1) is 0 Å². The smallest absolute Gasteiger partial charge is 0.326 e. The molecule has 1 aliphatic rings. The number of nitrogens with zero attached hydrogens (tertiary/aromatic N) is 3. The number of aliphatic carboxylic acids is 1. The Hall–Kier alpha value is -1.17. The highest BCUT2D eigenvalue weighted by Crippen LogP contribution is 2.30. The van der Waals surface area contributed by atoms with E-state index in [1.165, 1.54) is 11.3 Å². The van der Waals surface area contributed by atoms with Crippen molar-refractivity contribution in [2.45, 2.75) is 19.4 Å². The Labute approximate surface area is 85.4 Å². The Kier molecular flexibility index (Phi) is 2.37. The Morgan fingerprint density at radius 2 is 2.57 bits per heavy atom. The van der Waals surface area contributed by atoms with Crippen LogP contribution in [-0.4, -0.2) is 33.9 Å². The van der Waals surface area contributed by atoms with Crippen LogP contribution < -0.4 is 4.90 Å². The molecule has 2 atom stereocenters. The molecule has 1 aromatic rings. The van der Waals surface area contributed by atoms with Crippen molar-refractivity contribution < 1.29 is 9.90 Å². The number of anilines is 1. The maximum Gasteiger partial charge on any atom is 0.326 e. The molecule has 0 spiro atoms.